The van der Waals surface area contributed by atoms with Crippen molar-refractivity contribution in [3.05, 3.63) is 23.9 Å². The molecule has 1 N–H and O–H groups in total. The molecule has 116 valence electrons. The van der Waals surface area contributed by atoms with Gasteiger partial charge in [-0.1, -0.05) is 0 Å². The summed E-state index contributed by atoms with van der Waals surface area (Å²) >= 11 is 0. The Morgan fingerprint density at radius 2 is 2.33 bits per heavy atom. The molecule has 1 amide bonds. The minimum absolute atomic E-state index is 0.129. The van der Waals surface area contributed by atoms with Gasteiger partial charge >= 0.3 is 6.18 Å². The molecule has 1 aromatic rings. The number of carbonyl (C=O) groups is 1. The second-order valence-electron chi connectivity index (χ2n) is 4.63. The number of alkyl halides is 3. The quantitative estimate of drug-likeness (QED) is 0.901. The van der Waals surface area contributed by atoms with Crippen LogP contribution in [0.4, 0.5) is 13.2 Å². The highest BCUT2D eigenvalue weighted by Gasteiger charge is 2.28. The van der Waals surface area contributed by atoms with E-state index >= 15 is 0 Å². The minimum atomic E-state index is -4.41. The highest BCUT2D eigenvalue weighted by Crippen LogP contribution is 2.17. The molecule has 21 heavy (non-hydrogen) atoms. The Balaban J connectivity index is 1.84. The lowest BCUT2D eigenvalue weighted by Gasteiger charge is -2.11. The van der Waals surface area contributed by atoms with Crippen molar-refractivity contribution >= 4 is 5.91 Å². The van der Waals surface area contributed by atoms with E-state index in [-0.39, 0.29) is 18.3 Å². The fraction of sp³-hybridized carbons (Fsp3) is 0.538. The first-order valence-electron chi connectivity index (χ1n) is 6.48. The Kier molecular flexibility index (Phi) is 5.00. The van der Waals surface area contributed by atoms with E-state index in [1.807, 2.05) is 0 Å². The largest absolute Gasteiger partial charge is 0.468 e. The smallest absolute Gasteiger partial charge is 0.422 e. The van der Waals surface area contributed by atoms with E-state index in [0.717, 1.165) is 6.42 Å². The number of hydrogen-bond acceptors (Lipinski definition) is 4. The van der Waals surface area contributed by atoms with Crippen LogP contribution in [0.3, 0.4) is 0 Å². The molecule has 0 spiro atoms. The topological polar surface area (TPSA) is 60.5 Å². The third kappa shape index (κ3) is 5.22. The maximum absolute atomic E-state index is 12.0. The van der Waals surface area contributed by atoms with Crippen LogP contribution in [0, 0.1) is 0 Å². The van der Waals surface area contributed by atoms with Crippen molar-refractivity contribution in [2.45, 2.75) is 31.7 Å². The fourth-order valence-corrected chi connectivity index (χ4v) is 1.88. The first-order chi connectivity index (χ1) is 9.94. The van der Waals surface area contributed by atoms with Gasteiger partial charge in [-0.25, -0.2) is 4.98 Å². The molecule has 0 aliphatic carbocycles. The maximum Gasteiger partial charge on any atom is 0.422 e. The second-order valence-corrected chi connectivity index (χ2v) is 4.63. The molecule has 1 saturated heterocycles. The number of nitrogens with one attached hydrogen (secondary N) is 1. The Bertz CT molecular complexity index is 488. The Morgan fingerprint density at radius 3 is 3.00 bits per heavy atom. The van der Waals surface area contributed by atoms with E-state index in [4.69, 9.17) is 4.74 Å². The molecule has 2 rings (SSSR count). The van der Waals surface area contributed by atoms with Gasteiger partial charge in [-0.3, -0.25) is 4.79 Å². The molecule has 8 heteroatoms. The molecule has 0 aromatic carbocycles. The van der Waals surface area contributed by atoms with Crippen LogP contribution in [0.1, 0.15) is 18.4 Å². The van der Waals surface area contributed by atoms with Gasteiger partial charge in [-0.05, 0) is 24.5 Å². The molecule has 0 saturated carbocycles. The van der Waals surface area contributed by atoms with E-state index in [2.05, 4.69) is 15.0 Å². The number of halogens is 3. The summed E-state index contributed by atoms with van der Waals surface area (Å²) in [4.78, 5) is 15.4. The van der Waals surface area contributed by atoms with Gasteiger partial charge in [-0.15, -0.1) is 0 Å². The van der Waals surface area contributed by atoms with Gasteiger partial charge in [0, 0.05) is 25.4 Å². The molecule has 0 bridgehead atoms. The molecular formula is C13H15F3N2O3. The van der Waals surface area contributed by atoms with Crippen molar-refractivity contribution in [1.29, 1.82) is 0 Å². The highest BCUT2D eigenvalue weighted by molar-refractivity contribution is 5.80. The average Bonchev–Trinajstić information content (AvgIpc) is 2.96. The van der Waals surface area contributed by atoms with Gasteiger partial charge in [0.05, 0.1) is 0 Å². The molecule has 1 atom stereocenters. The summed E-state index contributed by atoms with van der Waals surface area (Å²) < 4.78 is 45.9. The normalized spacial score (nSPS) is 18.5. The standard InChI is InChI=1S/C13H15F3N2O3/c14-13(15,16)8-21-11-6-9(3-4-17-11)7-18-12(19)10-2-1-5-20-10/h3-4,6,10H,1-2,5,7-8H2,(H,18,19)/t10-/m1/s1. The number of nitrogens with zero attached hydrogens (tertiary/aromatic N) is 1. The summed E-state index contributed by atoms with van der Waals surface area (Å²) in [6.45, 7) is -0.641. The second kappa shape index (κ2) is 6.75. The van der Waals surface area contributed by atoms with Crippen LogP contribution in [-0.4, -0.2) is 36.4 Å². The molecule has 1 aromatic heterocycles. The monoisotopic (exact) mass is 304 g/mol. The van der Waals surface area contributed by atoms with Gasteiger partial charge in [0.15, 0.2) is 6.61 Å². The number of ether oxygens (including phenoxy) is 2. The molecule has 2 heterocycles. The lowest BCUT2D eigenvalue weighted by atomic mass is 10.2. The summed E-state index contributed by atoms with van der Waals surface area (Å²) in [5, 5.41) is 2.67. The van der Waals surface area contributed by atoms with Gasteiger partial charge in [0.25, 0.3) is 0 Å². The third-order valence-corrected chi connectivity index (χ3v) is 2.87. The average molecular weight is 304 g/mol. The van der Waals surface area contributed by atoms with Gasteiger partial charge in [0.1, 0.15) is 6.10 Å². The number of rotatable bonds is 5. The molecule has 5 nitrogen and oxygen atoms in total. The van der Waals surface area contributed by atoms with Gasteiger partial charge in [0.2, 0.25) is 11.8 Å². The van der Waals surface area contributed by atoms with Crippen LogP contribution >= 0.6 is 0 Å². The predicted molar refractivity (Wildman–Crippen MR) is 66.6 cm³/mol. The first-order valence-corrected chi connectivity index (χ1v) is 6.48. The van der Waals surface area contributed by atoms with Gasteiger partial charge < -0.3 is 14.8 Å². The molecule has 0 unspecified atom stereocenters. The van der Waals surface area contributed by atoms with E-state index in [9.17, 15) is 18.0 Å². The number of aromatic nitrogens is 1. The third-order valence-electron chi connectivity index (χ3n) is 2.87. The summed E-state index contributed by atoms with van der Waals surface area (Å²) in [5.41, 5.74) is 0.605. The van der Waals surface area contributed by atoms with E-state index in [0.29, 0.717) is 18.6 Å². The summed E-state index contributed by atoms with van der Waals surface area (Å²) in [7, 11) is 0. The van der Waals surface area contributed by atoms with Crippen molar-refractivity contribution < 1.29 is 27.4 Å². The SMILES string of the molecule is O=C(NCc1ccnc(OCC(F)(F)F)c1)[C@H]1CCCO1. The first kappa shape index (κ1) is 15.6. The lowest BCUT2D eigenvalue weighted by molar-refractivity contribution is -0.154. The molecule has 1 aliphatic rings. The van der Waals surface area contributed by atoms with E-state index in [1.165, 1.54) is 12.3 Å². The summed E-state index contributed by atoms with van der Waals surface area (Å²) in [5.74, 6) is -0.349. The molecule has 1 aliphatic heterocycles. The van der Waals surface area contributed by atoms with Crippen LogP contribution in [0.15, 0.2) is 18.3 Å². The summed E-state index contributed by atoms with van der Waals surface area (Å²) in [6.07, 6.45) is -1.98. The van der Waals surface area contributed by atoms with Crippen molar-refractivity contribution in [3.63, 3.8) is 0 Å². The number of amides is 1. The fourth-order valence-electron chi connectivity index (χ4n) is 1.88. The lowest BCUT2D eigenvalue weighted by Crippen LogP contribution is -2.33. The van der Waals surface area contributed by atoms with E-state index < -0.39 is 18.9 Å². The van der Waals surface area contributed by atoms with Crippen molar-refractivity contribution in [1.82, 2.24) is 10.3 Å². The van der Waals surface area contributed by atoms with Crippen LogP contribution in [0.5, 0.6) is 5.88 Å². The Morgan fingerprint density at radius 1 is 1.52 bits per heavy atom. The van der Waals surface area contributed by atoms with Crippen LogP contribution in [0.2, 0.25) is 0 Å². The predicted octanol–water partition coefficient (Wildman–Crippen LogP) is 1.82. The number of hydrogen-bond donors (Lipinski definition) is 1. The molecule has 0 radical (unpaired) electrons. The van der Waals surface area contributed by atoms with Crippen molar-refractivity contribution in [2.24, 2.45) is 0 Å². The zero-order valence-corrected chi connectivity index (χ0v) is 11.2. The molecular weight excluding hydrogens is 289 g/mol. The number of pyridine rings is 1. The van der Waals surface area contributed by atoms with Crippen LogP contribution < -0.4 is 10.1 Å². The zero-order valence-electron chi connectivity index (χ0n) is 11.2. The van der Waals surface area contributed by atoms with Crippen LogP contribution in [0.25, 0.3) is 0 Å². The van der Waals surface area contributed by atoms with Crippen molar-refractivity contribution in [3.8, 4) is 5.88 Å². The van der Waals surface area contributed by atoms with E-state index in [1.54, 1.807) is 6.07 Å². The number of carbonyl (C=O) groups excluding carboxylic acids is 1. The molecule has 1 fully saturated rings. The Hall–Kier alpha value is -1.83. The van der Waals surface area contributed by atoms with Crippen molar-refractivity contribution in [2.75, 3.05) is 13.2 Å². The Labute approximate surface area is 119 Å². The van der Waals surface area contributed by atoms with Crippen LogP contribution in [-0.2, 0) is 16.1 Å². The minimum Gasteiger partial charge on any atom is -0.468 e. The zero-order chi connectivity index (χ0) is 15.3. The maximum atomic E-state index is 12.0. The highest BCUT2D eigenvalue weighted by atomic mass is 19.4. The van der Waals surface area contributed by atoms with Gasteiger partial charge in [-0.2, -0.15) is 13.2 Å². The summed E-state index contributed by atoms with van der Waals surface area (Å²) in [6, 6.07) is 2.96.